The third-order valence-electron chi connectivity index (χ3n) is 2.92. The van der Waals surface area contributed by atoms with Gasteiger partial charge in [0.05, 0.1) is 5.69 Å². The van der Waals surface area contributed by atoms with Gasteiger partial charge in [-0.05, 0) is 32.9 Å². The highest BCUT2D eigenvalue weighted by atomic mass is 16.5. The lowest BCUT2D eigenvalue weighted by atomic mass is 10.1. The second-order valence-electron chi connectivity index (χ2n) is 4.49. The van der Waals surface area contributed by atoms with E-state index in [4.69, 9.17) is 4.74 Å². The van der Waals surface area contributed by atoms with E-state index in [9.17, 15) is 0 Å². The maximum Gasteiger partial charge on any atom is 0.0596 e. The zero-order valence-corrected chi connectivity index (χ0v) is 11.5. The summed E-state index contributed by atoms with van der Waals surface area (Å²) in [6.07, 6.45) is 3.13. The molecular formula is C13H25N3O. The van der Waals surface area contributed by atoms with Gasteiger partial charge in [0.2, 0.25) is 0 Å². The van der Waals surface area contributed by atoms with Crippen LogP contribution in [-0.2, 0) is 18.2 Å². The van der Waals surface area contributed by atoms with Crippen molar-refractivity contribution in [2.24, 2.45) is 7.05 Å². The van der Waals surface area contributed by atoms with Crippen LogP contribution in [0.4, 0.5) is 0 Å². The molecule has 4 heteroatoms. The number of hydrogen-bond donors (Lipinski definition) is 1. The van der Waals surface area contributed by atoms with Crippen LogP contribution in [0.1, 0.15) is 31.2 Å². The fourth-order valence-corrected chi connectivity index (χ4v) is 1.93. The Morgan fingerprint density at radius 1 is 1.47 bits per heavy atom. The van der Waals surface area contributed by atoms with Gasteiger partial charge in [-0.15, -0.1) is 0 Å². The van der Waals surface area contributed by atoms with E-state index in [0.717, 1.165) is 38.2 Å². The van der Waals surface area contributed by atoms with Gasteiger partial charge in [-0.2, -0.15) is 5.10 Å². The lowest BCUT2D eigenvalue weighted by molar-refractivity contribution is 0.125. The summed E-state index contributed by atoms with van der Waals surface area (Å²) < 4.78 is 7.49. The van der Waals surface area contributed by atoms with E-state index in [1.807, 2.05) is 25.7 Å². The molecule has 1 unspecified atom stereocenters. The molecule has 0 saturated heterocycles. The Kier molecular flexibility index (Phi) is 6.22. The predicted molar refractivity (Wildman–Crippen MR) is 70.2 cm³/mol. The molecule has 1 atom stereocenters. The monoisotopic (exact) mass is 239 g/mol. The van der Waals surface area contributed by atoms with Crippen molar-refractivity contribution in [3.05, 3.63) is 17.5 Å². The van der Waals surface area contributed by atoms with E-state index in [2.05, 4.69) is 23.4 Å². The maximum atomic E-state index is 5.53. The van der Waals surface area contributed by atoms with Crippen molar-refractivity contribution in [3.63, 3.8) is 0 Å². The van der Waals surface area contributed by atoms with Crippen LogP contribution in [0.25, 0.3) is 0 Å². The normalized spacial score (nSPS) is 12.9. The summed E-state index contributed by atoms with van der Waals surface area (Å²) in [6.45, 7) is 5.85. The number of nitrogens with one attached hydrogen (secondary N) is 1. The summed E-state index contributed by atoms with van der Waals surface area (Å²) in [5.41, 5.74) is 2.36. The Bertz CT molecular complexity index is 322. The van der Waals surface area contributed by atoms with Gasteiger partial charge in [0.15, 0.2) is 0 Å². The van der Waals surface area contributed by atoms with Gasteiger partial charge in [-0.1, -0.05) is 6.92 Å². The van der Waals surface area contributed by atoms with Crippen LogP contribution in [0.5, 0.6) is 0 Å². The van der Waals surface area contributed by atoms with Crippen LogP contribution in [0, 0.1) is 6.92 Å². The van der Waals surface area contributed by atoms with Gasteiger partial charge in [0.25, 0.3) is 0 Å². The number of ether oxygens (including phenoxy) is 1. The van der Waals surface area contributed by atoms with Crippen LogP contribution >= 0.6 is 0 Å². The van der Waals surface area contributed by atoms with E-state index < -0.39 is 0 Å². The second-order valence-corrected chi connectivity index (χ2v) is 4.49. The highest BCUT2D eigenvalue weighted by Gasteiger charge is 2.10. The fourth-order valence-electron chi connectivity index (χ4n) is 1.93. The summed E-state index contributed by atoms with van der Waals surface area (Å²) in [5, 5.41) is 7.71. The molecule has 1 aromatic heterocycles. The number of aromatic nitrogens is 2. The lowest BCUT2D eigenvalue weighted by Gasteiger charge is -2.16. The molecule has 1 rings (SSSR count). The molecule has 0 aliphatic rings. The average molecular weight is 239 g/mol. The molecule has 0 spiro atoms. The van der Waals surface area contributed by atoms with Crippen molar-refractivity contribution in [2.45, 2.75) is 39.2 Å². The van der Waals surface area contributed by atoms with E-state index >= 15 is 0 Å². The van der Waals surface area contributed by atoms with Crippen LogP contribution < -0.4 is 5.32 Å². The van der Waals surface area contributed by atoms with Crippen LogP contribution in [0.15, 0.2) is 6.07 Å². The summed E-state index contributed by atoms with van der Waals surface area (Å²) in [6, 6.07) is 2.61. The van der Waals surface area contributed by atoms with Crippen molar-refractivity contribution in [2.75, 3.05) is 20.3 Å². The van der Waals surface area contributed by atoms with Crippen molar-refractivity contribution in [3.8, 4) is 0 Å². The molecule has 0 aliphatic heterocycles. The number of hydrogen-bond acceptors (Lipinski definition) is 3. The molecule has 0 bridgehead atoms. The Hall–Kier alpha value is -0.870. The Balaban J connectivity index is 2.38. The standard InChI is InChI=1S/C13H25N3O/c1-5-7-17-8-6-12(14-3)10-13-9-11(2)15-16(13)4/h9,12,14H,5-8,10H2,1-4H3. The molecule has 0 amide bonds. The van der Waals surface area contributed by atoms with Gasteiger partial charge < -0.3 is 10.1 Å². The molecular weight excluding hydrogens is 214 g/mol. The van der Waals surface area contributed by atoms with Gasteiger partial charge in [0, 0.05) is 38.4 Å². The molecule has 0 saturated carbocycles. The van der Waals surface area contributed by atoms with Gasteiger partial charge in [0.1, 0.15) is 0 Å². The minimum atomic E-state index is 0.460. The first kappa shape index (κ1) is 14.2. The first-order valence-corrected chi connectivity index (χ1v) is 6.41. The first-order valence-electron chi connectivity index (χ1n) is 6.41. The smallest absolute Gasteiger partial charge is 0.0596 e. The van der Waals surface area contributed by atoms with Crippen molar-refractivity contribution in [1.82, 2.24) is 15.1 Å². The van der Waals surface area contributed by atoms with Crippen molar-refractivity contribution < 1.29 is 4.74 Å². The summed E-state index contributed by atoms with van der Waals surface area (Å²) >= 11 is 0. The van der Waals surface area contributed by atoms with Crippen LogP contribution in [0.2, 0.25) is 0 Å². The van der Waals surface area contributed by atoms with Crippen molar-refractivity contribution in [1.29, 1.82) is 0 Å². The second kappa shape index (κ2) is 7.45. The fraction of sp³-hybridized carbons (Fsp3) is 0.769. The SMILES string of the molecule is CCCOCCC(Cc1cc(C)nn1C)NC. The Morgan fingerprint density at radius 3 is 2.76 bits per heavy atom. The Labute approximate surface area is 104 Å². The average Bonchev–Trinajstić information content (AvgIpc) is 2.61. The molecule has 98 valence electrons. The molecule has 4 nitrogen and oxygen atoms in total. The predicted octanol–water partition coefficient (Wildman–Crippen LogP) is 1.68. The van der Waals surface area contributed by atoms with E-state index in [-0.39, 0.29) is 0 Å². The van der Waals surface area contributed by atoms with Crippen LogP contribution in [0.3, 0.4) is 0 Å². The number of likely N-dealkylation sites (N-methyl/N-ethyl adjacent to an activating group) is 1. The molecule has 0 fully saturated rings. The van der Waals surface area contributed by atoms with Crippen molar-refractivity contribution >= 4 is 0 Å². The number of aryl methyl sites for hydroxylation is 2. The number of rotatable bonds is 8. The molecule has 0 aromatic carbocycles. The highest BCUT2D eigenvalue weighted by molar-refractivity contribution is 5.09. The maximum absolute atomic E-state index is 5.53. The van der Waals surface area contributed by atoms with E-state index in [1.54, 1.807) is 0 Å². The third kappa shape index (κ3) is 4.88. The minimum absolute atomic E-state index is 0.460. The largest absolute Gasteiger partial charge is 0.381 e. The van der Waals surface area contributed by atoms with E-state index in [0.29, 0.717) is 6.04 Å². The van der Waals surface area contributed by atoms with E-state index in [1.165, 1.54) is 5.69 Å². The molecule has 17 heavy (non-hydrogen) atoms. The third-order valence-corrected chi connectivity index (χ3v) is 2.92. The summed E-state index contributed by atoms with van der Waals surface area (Å²) in [7, 11) is 4.01. The Morgan fingerprint density at radius 2 is 2.24 bits per heavy atom. The molecule has 1 N–H and O–H groups in total. The zero-order valence-electron chi connectivity index (χ0n) is 11.5. The van der Waals surface area contributed by atoms with Gasteiger partial charge in [-0.3, -0.25) is 4.68 Å². The molecule has 0 radical (unpaired) electrons. The zero-order chi connectivity index (χ0) is 12.7. The molecule has 0 aliphatic carbocycles. The summed E-state index contributed by atoms with van der Waals surface area (Å²) in [4.78, 5) is 0. The highest BCUT2D eigenvalue weighted by Crippen LogP contribution is 2.07. The summed E-state index contributed by atoms with van der Waals surface area (Å²) in [5.74, 6) is 0. The quantitative estimate of drug-likeness (QED) is 0.701. The topological polar surface area (TPSA) is 39.1 Å². The minimum Gasteiger partial charge on any atom is -0.381 e. The van der Waals surface area contributed by atoms with Gasteiger partial charge >= 0.3 is 0 Å². The van der Waals surface area contributed by atoms with Gasteiger partial charge in [-0.25, -0.2) is 0 Å². The first-order chi connectivity index (χ1) is 8.17. The number of nitrogens with zero attached hydrogens (tertiary/aromatic N) is 2. The molecule has 1 heterocycles. The van der Waals surface area contributed by atoms with Crippen LogP contribution in [-0.4, -0.2) is 36.1 Å². The lowest BCUT2D eigenvalue weighted by Crippen LogP contribution is -2.29. The molecule has 1 aromatic rings.